The molecule has 0 fully saturated rings. The van der Waals surface area contributed by atoms with Gasteiger partial charge in [-0.3, -0.25) is 9.59 Å². The summed E-state index contributed by atoms with van der Waals surface area (Å²) in [6.45, 7) is -0.0803. The van der Waals surface area contributed by atoms with Crippen LogP contribution < -0.4 is 5.32 Å². The lowest BCUT2D eigenvalue weighted by molar-refractivity contribution is -0.117. The topological polar surface area (TPSA) is 62.6 Å². The standard InChI is InChI=1S/C20H14Br2N2O3/c21-13-6-7-15-14(10-13)19(12-4-2-1-3-5-12)24(11-18(25)23-15)20(26)16-8-9-17(22)27-16/h1-10,19H,11H2,(H,23,25)/t19-/m1/s1. The molecule has 1 aliphatic rings. The van der Waals surface area contributed by atoms with Crippen molar-refractivity contribution in [1.29, 1.82) is 0 Å². The van der Waals surface area contributed by atoms with Crippen molar-refractivity contribution in [2.75, 3.05) is 11.9 Å². The van der Waals surface area contributed by atoms with Gasteiger partial charge in [0, 0.05) is 15.7 Å². The molecule has 0 aliphatic carbocycles. The molecular formula is C20H14Br2N2O3. The molecule has 1 atom stereocenters. The van der Waals surface area contributed by atoms with E-state index in [0.717, 1.165) is 15.6 Å². The van der Waals surface area contributed by atoms with Crippen molar-refractivity contribution in [1.82, 2.24) is 4.90 Å². The Kier molecular flexibility index (Phi) is 4.88. The van der Waals surface area contributed by atoms with Crippen LogP contribution in [-0.2, 0) is 4.79 Å². The van der Waals surface area contributed by atoms with Gasteiger partial charge in [0.25, 0.3) is 5.91 Å². The van der Waals surface area contributed by atoms with E-state index in [0.29, 0.717) is 10.4 Å². The molecule has 4 rings (SSSR count). The molecule has 0 radical (unpaired) electrons. The molecule has 0 bridgehead atoms. The molecule has 2 heterocycles. The first kappa shape index (κ1) is 18.0. The largest absolute Gasteiger partial charge is 0.444 e. The van der Waals surface area contributed by atoms with E-state index in [4.69, 9.17) is 4.42 Å². The number of nitrogens with one attached hydrogen (secondary N) is 1. The van der Waals surface area contributed by atoms with E-state index in [9.17, 15) is 9.59 Å². The maximum absolute atomic E-state index is 13.2. The number of hydrogen-bond donors (Lipinski definition) is 1. The van der Waals surface area contributed by atoms with Crippen molar-refractivity contribution >= 4 is 49.4 Å². The van der Waals surface area contributed by atoms with Crippen LogP contribution in [0, 0.1) is 0 Å². The SMILES string of the molecule is O=C1CN(C(=O)c2ccc(Br)o2)[C@H](c2ccccc2)c2cc(Br)ccc2N1. The van der Waals surface area contributed by atoms with Crippen molar-refractivity contribution in [3.63, 3.8) is 0 Å². The van der Waals surface area contributed by atoms with Crippen molar-refractivity contribution < 1.29 is 14.0 Å². The average Bonchev–Trinajstić information content (AvgIpc) is 3.03. The van der Waals surface area contributed by atoms with Crippen molar-refractivity contribution in [2.24, 2.45) is 0 Å². The van der Waals surface area contributed by atoms with E-state index in [-0.39, 0.29) is 24.1 Å². The zero-order chi connectivity index (χ0) is 19.0. The normalized spacial score (nSPS) is 16.4. The van der Waals surface area contributed by atoms with Crippen LogP contribution in [-0.4, -0.2) is 23.3 Å². The number of fused-ring (bicyclic) bond motifs is 1. The van der Waals surface area contributed by atoms with Crippen LogP contribution in [0.15, 0.2) is 74.2 Å². The predicted molar refractivity (Wildman–Crippen MR) is 109 cm³/mol. The number of amides is 2. The summed E-state index contributed by atoms with van der Waals surface area (Å²) < 4.78 is 6.78. The summed E-state index contributed by atoms with van der Waals surface area (Å²) in [7, 11) is 0. The minimum atomic E-state index is -0.436. The summed E-state index contributed by atoms with van der Waals surface area (Å²) in [5.41, 5.74) is 2.43. The summed E-state index contributed by atoms with van der Waals surface area (Å²) in [6.07, 6.45) is 0. The van der Waals surface area contributed by atoms with E-state index in [2.05, 4.69) is 37.2 Å². The van der Waals surface area contributed by atoms with Crippen LogP contribution in [0.1, 0.15) is 27.7 Å². The van der Waals surface area contributed by atoms with Crippen LogP contribution in [0.4, 0.5) is 5.69 Å². The van der Waals surface area contributed by atoms with Gasteiger partial charge in [-0.15, -0.1) is 0 Å². The summed E-state index contributed by atoms with van der Waals surface area (Å²) in [5.74, 6) is -0.428. The van der Waals surface area contributed by atoms with Crippen LogP contribution in [0.25, 0.3) is 0 Å². The Labute approximate surface area is 172 Å². The second-order valence-corrected chi connectivity index (χ2v) is 7.83. The quantitative estimate of drug-likeness (QED) is 0.551. The molecular weight excluding hydrogens is 476 g/mol. The van der Waals surface area contributed by atoms with Crippen molar-refractivity contribution in [3.8, 4) is 0 Å². The maximum Gasteiger partial charge on any atom is 0.290 e. The number of nitrogens with zero attached hydrogens (tertiary/aromatic N) is 1. The van der Waals surface area contributed by atoms with Gasteiger partial charge in [-0.1, -0.05) is 46.3 Å². The number of rotatable bonds is 2. The third-order valence-corrected chi connectivity index (χ3v) is 5.29. The fourth-order valence-electron chi connectivity index (χ4n) is 3.23. The van der Waals surface area contributed by atoms with Crippen LogP contribution in [0.5, 0.6) is 0 Å². The van der Waals surface area contributed by atoms with Gasteiger partial charge < -0.3 is 14.6 Å². The number of carbonyl (C=O) groups is 2. The number of benzene rings is 2. The lowest BCUT2D eigenvalue weighted by atomic mass is 9.95. The average molecular weight is 490 g/mol. The van der Waals surface area contributed by atoms with Gasteiger partial charge >= 0.3 is 0 Å². The Hall–Kier alpha value is -2.38. The highest BCUT2D eigenvalue weighted by Crippen LogP contribution is 2.38. The molecule has 3 aromatic rings. The molecule has 1 aromatic heterocycles. The van der Waals surface area contributed by atoms with E-state index in [1.54, 1.807) is 12.1 Å². The lowest BCUT2D eigenvalue weighted by Gasteiger charge is -2.30. The fourth-order valence-corrected chi connectivity index (χ4v) is 3.92. The Morgan fingerprint density at radius 1 is 1.07 bits per heavy atom. The summed E-state index contributed by atoms with van der Waals surface area (Å²) in [4.78, 5) is 27.2. The van der Waals surface area contributed by atoms with Crippen LogP contribution >= 0.6 is 31.9 Å². The Morgan fingerprint density at radius 3 is 2.56 bits per heavy atom. The highest BCUT2D eigenvalue weighted by molar-refractivity contribution is 9.10. The molecule has 7 heteroatoms. The minimum absolute atomic E-state index is 0.0803. The highest BCUT2D eigenvalue weighted by Gasteiger charge is 2.35. The van der Waals surface area contributed by atoms with Gasteiger partial charge in [-0.2, -0.15) is 0 Å². The Bertz CT molecular complexity index is 1020. The van der Waals surface area contributed by atoms with Crippen LogP contribution in [0.3, 0.4) is 0 Å². The molecule has 0 spiro atoms. The Balaban J connectivity index is 1.89. The van der Waals surface area contributed by atoms with Gasteiger partial charge in [0.1, 0.15) is 6.54 Å². The number of halogens is 2. The number of carbonyl (C=O) groups excluding carboxylic acids is 2. The molecule has 0 saturated heterocycles. The number of hydrogen-bond acceptors (Lipinski definition) is 3. The van der Waals surface area contributed by atoms with Gasteiger partial charge in [-0.25, -0.2) is 0 Å². The number of furan rings is 1. The van der Waals surface area contributed by atoms with E-state index in [1.165, 1.54) is 4.90 Å². The van der Waals surface area contributed by atoms with E-state index in [1.807, 2.05) is 48.5 Å². The molecule has 136 valence electrons. The minimum Gasteiger partial charge on any atom is -0.444 e. The Morgan fingerprint density at radius 2 is 1.85 bits per heavy atom. The molecule has 2 aromatic carbocycles. The molecule has 2 amide bonds. The monoisotopic (exact) mass is 488 g/mol. The fraction of sp³-hybridized carbons (Fsp3) is 0.100. The lowest BCUT2D eigenvalue weighted by Crippen LogP contribution is -2.38. The van der Waals surface area contributed by atoms with Gasteiger partial charge in [-0.05, 0) is 51.8 Å². The summed E-state index contributed by atoms with van der Waals surface area (Å²) >= 11 is 6.72. The molecule has 0 unspecified atom stereocenters. The molecule has 1 aliphatic heterocycles. The van der Waals surface area contributed by atoms with Gasteiger partial charge in [0.2, 0.25) is 5.91 Å². The third-order valence-electron chi connectivity index (χ3n) is 4.37. The van der Waals surface area contributed by atoms with Gasteiger partial charge in [0.15, 0.2) is 10.4 Å². The zero-order valence-corrected chi connectivity index (χ0v) is 17.2. The smallest absolute Gasteiger partial charge is 0.290 e. The molecule has 27 heavy (non-hydrogen) atoms. The second kappa shape index (κ2) is 7.32. The van der Waals surface area contributed by atoms with Crippen molar-refractivity contribution in [2.45, 2.75) is 6.04 Å². The predicted octanol–water partition coefficient (Wildman–Crippen LogP) is 4.99. The number of anilines is 1. The molecule has 0 saturated carbocycles. The first-order chi connectivity index (χ1) is 13.0. The maximum atomic E-state index is 13.2. The first-order valence-corrected chi connectivity index (χ1v) is 9.82. The third kappa shape index (κ3) is 3.57. The molecule has 5 nitrogen and oxygen atoms in total. The zero-order valence-electron chi connectivity index (χ0n) is 14.0. The highest BCUT2D eigenvalue weighted by atomic mass is 79.9. The van der Waals surface area contributed by atoms with Crippen molar-refractivity contribution in [3.05, 3.63) is 86.7 Å². The van der Waals surface area contributed by atoms with E-state index >= 15 is 0 Å². The molecule has 1 N–H and O–H groups in total. The summed E-state index contributed by atoms with van der Waals surface area (Å²) in [5, 5.41) is 2.90. The van der Waals surface area contributed by atoms with Crippen LogP contribution in [0.2, 0.25) is 0 Å². The summed E-state index contributed by atoms with van der Waals surface area (Å²) in [6, 6.07) is 18.1. The first-order valence-electron chi connectivity index (χ1n) is 8.23. The second-order valence-electron chi connectivity index (χ2n) is 6.13. The van der Waals surface area contributed by atoms with Gasteiger partial charge in [0.05, 0.1) is 6.04 Å². The van der Waals surface area contributed by atoms with E-state index < -0.39 is 6.04 Å².